The maximum Gasteiger partial charge on any atom is 0.335 e. The molecule has 7 aromatic rings. The van der Waals surface area contributed by atoms with E-state index in [-0.39, 0.29) is 16.9 Å². The van der Waals surface area contributed by atoms with Gasteiger partial charge in [-0.3, -0.25) is 20.1 Å². The Morgan fingerprint density at radius 1 is 0.720 bits per heavy atom. The number of nitro benzene ring substituents is 1. The highest BCUT2D eigenvalue weighted by Gasteiger charge is 2.12. The van der Waals surface area contributed by atoms with E-state index in [2.05, 4.69) is 20.2 Å². The topological polar surface area (TPSA) is 181 Å². The van der Waals surface area contributed by atoms with Gasteiger partial charge in [-0.1, -0.05) is 36.4 Å². The average molecular weight is 670 g/mol. The van der Waals surface area contributed by atoms with Gasteiger partial charge in [0.15, 0.2) is 0 Å². The van der Waals surface area contributed by atoms with Crippen LogP contribution in [0, 0.1) is 10.1 Å². The van der Waals surface area contributed by atoms with E-state index in [0.717, 1.165) is 45.0 Å². The zero-order valence-corrected chi connectivity index (χ0v) is 27.0. The number of carboxylic acids is 1. The lowest BCUT2D eigenvalue weighted by atomic mass is 10.1. The molecule has 3 aromatic heterocycles. The van der Waals surface area contributed by atoms with Crippen molar-refractivity contribution in [1.29, 1.82) is 0 Å². The molecular formula is C37H31N7O6. The first kappa shape index (κ1) is 34.2. The number of fused-ring (bicyclic) bond motifs is 1. The number of anilines is 1. The summed E-state index contributed by atoms with van der Waals surface area (Å²) in [6, 6.07) is 35.8. The van der Waals surface area contributed by atoms with Gasteiger partial charge in [0, 0.05) is 35.7 Å². The summed E-state index contributed by atoms with van der Waals surface area (Å²) in [6.07, 6.45) is 3.45. The Labute approximate surface area is 286 Å². The number of benzene rings is 4. The predicted octanol–water partition coefficient (Wildman–Crippen LogP) is 7.12. The molecule has 13 nitrogen and oxygen atoms in total. The zero-order chi connectivity index (χ0) is 35.5. The summed E-state index contributed by atoms with van der Waals surface area (Å²) >= 11 is 0. The minimum Gasteiger partial charge on any atom is -0.496 e. The van der Waals surface area contributed by atoms with Crippen molar-refractivity contribution in [3.05, 3.63) is 149 Å². The normalized spacial score (nSPS) is 10.2. The third-order valence-corrected chi connectivity index (χ3v) is 7.17. The molecule has 0 bridgehead atoms. The Morgan fingerprint density at radius 3 is 1.72 bits per heavy atom. The van der Waals surface area contributed by atoms with Gasteiger partial charge in [0.2, 0.25) is 0 Å². The molecule has 50 heavy (non-hydrogen) atoms. The molecule has 13 heteroatoms. The number of carboxylic acid groups (broad SMARTS) is 1. The maximum absolute atomic E-state index is 10.8. The Balaban J connectivity index is 0.000000158. The first-order valence-electron chi connectivity index (χ1n) is 15.0. The van der Waals surface area contributed by atoms with Crippen LogP contribution in [0.4, 0.5) is 11.4 Å². The van der Waals surface area contributed by atoms with Gasteiger partial charge in [-0.05, 0) is 72.8 Å². The molecule has 250 valence electrons. The Hall–Kier alpha value is -7.15. The van der Waals surface area contributed by atoms with Gasteiger partial charge in [-0.2, -0.15) is 4.80 Å². The van der Waals surface area contributed by atoms with E-state index in [0.29, 0.717) is 5.75 Å². The van der Waals surface area contributed by atoms with Crippen molar-refractivity contribution < 1.29 is 24.3 Å². The molecule has 0 aliphatic heterocycles. The second kappa shape index (κ2) is 16.1. The van der Waals surface area contributed by atoms with Crippen LogP contribution in [0.25, 0.3) is 39.2 Å². The third-order valence-electron chi connectivity index (χ3n) is 7.17. The van der Waals surface area contributed by atoms with Crippen LogP contribution >= 0.6 is 0 Å². The van der Waals surface area contributed by atoms with E-state index >= 15 is 0 Å². The van der Waals surface area contributed by atoms with Crippen LogP contribution in [0.15, 0.2) is 134 Å². The number of nitrogen functional groups attached to an aromatic ring is 1. The smallest absolute Gasteiger partial charge is 0.335 e. The number of nitrogens with zero attached hydrogens (tertiary/aromatic N) is 6. The van der Waals surface area contributed by atoms with Gasteiger partial charge in [0.1, 0.15) is 28.2 Å². The Kier molecular flexibility index (Phi) is 11.0. The van der Waals surface area contributed by atoms with E-state index in [1.165, 1.54) is 31.4 Å². The van der Waals surface area contributed by atoms with Gasteiger partial charge < -0.3 is 20.3 Å². The van der Waals surface area contributed by atoms with Gasteiger partial charge in [0.25, 0.3) is 5.69 Å². The fourth-order valence-corrected chi connectivity index (χ4v) is 4.72. The lowest BCUT2D eigenvalue weighted by molar-refractivity contribution is -0.383. The predicted molar refractivity (Wildman–Crippen MR) is 189 cm³/mol. The number of methoxy groups -OCH3 is 2. The van der Waals surface area contributed by atoms with Gasteiger partial charge in [-0.25, -0.2) is 4.79 Å². The van der Waals surface area contributed by atoms with Crippen LogP contribution < -0.4 is 15.2 Å². The van der Waals surface area contributed by atoms with Crippen molar-refractivity contribution in [2.75, 3.05) is 20.0 Å². The minimum absolute atomic E-state index is 0.0394. The summed E-state index contributed by atoms with van der Waals surface area (Å²) in [5.41, 5.74) is 11.5. The standard InChI is InChI=1S/C18H14N4O.C13H11NO3.C6H6N2O2/c1-23-18-12-13(9-10-14(18)15-6-4-5-11-19-15)22-20-16-7-2-3-8-17(16)21-22;1-17-12-8-9(13(15)16)5-6-10(12)11-4-2-3-7-14-11;7-5-3-1-2-4-6(5)8(9)10/h2-12H,1H3;2-8H,1H3,(H,15,16);1-4H,7H2. The number of aromatic nitrogens is 5. The molecule has 0 saturated heterocycles. The molecule has 0 saturated carbocycles. The maximum atomic E-state index is 10.8. The number of aromatic carboxylic acids is 1. The molecule has 0 unspecified atom stereocenters. The van der Waals surface area contributed by atoms with Crippen LogP contribution in [0.5, 0.6) is 11.5 Å². The van der Waals surface area contributed by atoms with Crippen molar-refractivity contribution in [2.45, 2.75) is 0 Å². The van der Waals surface area contributed by atoms with Crippen LogP contribution in [0.3, 0.4) is 0 Å². The van der Waals surface area contributed by atoms with E-state index in [4.69, 9.17) is 20.3 Å². The number of nitrogens with two attached hydrogens (primary N) is 1. The molecule has 0 spiro atoms. The number of pyridine rings is 2. The summed E-state index contributed by atoms with van der Waals surface area (Å²) in [5.74, 6) is 0.266. The number of hydrogen-bond donors (Lipinski definition) is 2. The van der Waals surface area contributed by atoms with Crippen LogP contribution in [0.1, 0.15) is 10.4 Å². The number of nitro groups is 1. The zero-order valence-electron chi connectivity index (χ0n) is 27.0. The van der Waals surface area contributed by atoms with Crippen LogP contribution in [-0.2, 0) is 0 Å². The van der Waals surface area contributed by atoms with Crippen molar-refractivity contribution in [2.24, 2.45) is 0 Å². The van der Waals surface area contributed by atoms with Gasteiger partial charge >= 0.3 is 5.97 Å². The largest absolute Gasteiger partial charge is 0.496 e. The molecule has 0 amide bonds. The minimum atomic E-state index is -0.976. The molecular weight excluding hydrogens is 638 g/mol. The molecule has 0 aliphatic carbocycles. The van der Waals surface area contributed by atoms with Gasteiger partial charge in [-0.15, -0.1) is 10.2 Å². The lowest BCUT2D eigenvalue weighted by Gasteiger charge is -2.09. The van der Waals surface area contributed by atoms with Gasteiger partial charge in [0.05, 0.1) is 41.8 Å². The average Bonchev–Trinajstić information content (AvgIpc) is 3.60. The fraction of sp³-hybridized carbons (Fsp3) is 0.0541. The van der Waals surface area contributed by atoms with E-state index in [9.17, 15) is 14.9 Å². The summed E-state index contributed by atoms with van der Waals surface area (Å²) in [5, 5.41) is 28.0. The first-order valence-corrected chi connectivity index (χ1v) is 15.0. The van der Waals surface area contributed by atoms with Crippen molar-refractivity contribution >= 4 is 28.4 Å². The van der Waals surface area contributed by atoms with Crippen LogP contribution in [-0.4, -0.2) is 55.2 Å². The number of para-hydroxylation sites is 2. The number of hydrogen-bond acceptors (Lipinski definition) is 10. The fourth-order valence-electron chi connectivity index (χ4n) is 4.72. The number of carbonyl (C=O) groups is 1. The summed E-state index contributed by atoms with van der Waals surface area (Å²) < 4.78 is 10.7. The monoisotopic (exact) mass is 669 g/mol. The SMILES string of the molecule is COc1cc(-n2nc3ccccc3n2)ccc1-c1ccccn1.COc1cc(C(=O)O)ccc1-c1ccccn1.Nc1ccccc1[N+](=O)[O-]. The third kappa shape index (κ3) is 8.22. The van der Waals surface area contributed by atoms with E-state index < -0.39 is 10.9 Å². The number of rotatable bonds is 7. The molecule has 3 N–H and O–H groups in total. The lowest BCUT2D eigenvalue weighted by Crippen LogP contribution is -2.00. The quantitative estimate of drug-likeness (QED) is 0.100. The molecule has 4 aromatic carbocycles. The first-order chi connectivity index (χ1) is 24.3. The molecule has 0 radical (unpaired) electrons. The second-order valence-corrected chi connectivity index (χ2v) is 10.3. The highest BCUT2D eigenvalue weighted by Crippen LogP contribution is 2.31. The molecule has 0 atom stereocenters. The van der Waals surface area contributed by atoms with Crippen LogP contribution in [0.2, 0.25) is 0 Å². The summed E-state index contributed by atoms with van der Waals surface area (Å²) in [6.45, 7) is 0. The van der Waals surface area contributed by atoms with E-state index in [1.54, 1.807) is 42.5 Å². The summed E-state index contributed by atoms with van der Waals surface area (Å²) in [4.78, 5) is 30.7. The van der Waals surface area contributed by atoms with Crippen molar-refractivity contribution in [3.8, 4) is 39.7 Å². The van der Waals surface area contributed by atoms with Crippen molar-refractivity contribution in [1.82, 2.24) is 25.0 Å². The van der Waals surface area contributed by atoms with Crippen molar-refractivity contribution in [3.63, 3.8) is 0 Å². The summed E-state index contributed by atoms with van der Waals surface area (Å²) in [7, 11) is 3.16. The Morgan fingerprint density at radius 2 is 1.24 bits per heavy atom. The molecule has 0 aliphatic rings. The number of ether oxygens (including phenoxy) is 2. The van der Waals surface area contributed by atoms with E-state index in [1.807, 2.05) is 78.9 Å². The highest BCUT2D eigenvalue weighted by molar-refractivity contribution is 5.89. The second-order valence-electron chi connectivity index (χ2n) is 10.3. The molecule has 0 fully saturated rings. The molecule has 3 heterocycles. The highest BCUT2D eigenvalue weighted by atomic mass is 16.6. The molecule has 7 rings (SSSR count). The Bertz CT molecular complexity index is 2190.